The van der Waals surface area contributed by atoms with E-state index >= 15 is 0 Å². The molecule has 0 radical (unpaired) electrons. The minimum absolute atomic E-state index is 0.0359. The Kier molecular flexibility index (Phi) is 4.46. The van der Waals surface area contributed by atoms with Crippen molar-refractivity contribution in [3.05, 3.63) is 39.9 Å². The van der Waals surface area contributed by atoms with Crippen LogP contribution in [0.5, 0.6) is 0 Å². The quantitative estimate of drug-likeness (QED) is 0.634. The lowest BCUT2D eigenvalue weighted by Crippen LogP contribution is -2.46. The first-order chi connectivity index (χ1) is 9.16. The summed E-state index contributed by atoms with van der Waals surface area (Å²) >= 11 is 0. The second-order valence-electron chi connectivity index (χ2n) is 4.65. The zero-order valence-corrected chi connectivity index (χ0v) is 10.6. The first kappa shape index (κ1) is 13.5. The molecule has 1 aliphatic rings. The van der Waals surface area contributed by atoms with Crippen LogP contribution in [-0.2, 0) is 11.3 Å². The number of hydrogen-bond donors (Lipinski definition) is 2. The number of amides is 1. The molecule has 0 aliphatic carbocycles. The van der Waals surface area contributed by atoms with Crippen LogP contribution < -0.4 is 10.6 Å². The molecule has 1 saturated heterocycles. The Hall–Kier alpha value is -1.95. The predicted molar refractivity (Wildman–Crippen MR) is 70.6 cm³/mol. The number of hydrogen-bond acceptors (Lipinski definition) is 4. The molecule has 6 heteroatoms. The molecule has 0 saturated carbocycles. The van der Waals surface area contributed by atoms with Crippen molar-refractivity contribution in [2.75, 3.05) is 6.54 Å². The zero-order valence-electron chi connectivity index (χ0n) is 10.6. The summed E-state index contributed by atoms with van der Waals surface area (Å²) in [7, 11) is 0. The summed E-state index contributed by atoms with van der Waals surface area (Å²) in [5.41, 5.74) is 0.779. The summed E-state index contributed by atoms with van der Waals surface area (Å²) in [6.45, 7) is 1.19. The fraction of sp³-hybridized carbons (Fsp3) is 0.462. The van der Waals surface area contributed by atoms with Gasteiger partial charge in [-0.2, -0.15) is 0 Å². The molecule has 6 nitrogen and oxygen atoms in total. The summed E-state index contributed by atoms with van der Waals surface area (Å²) < 4.78 is 0. The van der Waals surface area contributed by atoms with Gasteiger partial charge in [0.1, 0.15) is 0 Å². The van der Waals surface area contributed by atoms with Crippen molar-refractivity contribution in [1.82, 2.24) is 10.6 Å². The minimum Gasteiger partial charge on any atom is -0.351 e. The van der Waals surface area contributed by atoms with Crippen LogP contribution in [0.1, 0.15) is 24.8 Å². The summed E-state index contributed by atoms with van der Waals surface area (Å²) in [4.78, 5) is 22.1. The van der Waals surface area contributed by atoms with Gasteiger partial charge in [-0.1, -0.05) is 18.6 Å². The standard InChI is InChI=1S/C13H17N3O3/c17-13(12-6-1-2-7-14-12)15-9-10-4-3-5-11(8-10)16(18)19/h3-5,8,12,14H,1-2,6-7,9H2,(H,15,17)/t12-/m0/s1. The van der Waals surface area contributed by atoms with Gasteiger partial charge in [-0.25, -0.2) is 0 Å². The van der Waals surface area contributed by atoms with Gasteiger partial charge < -0.3 is 10.6 Å². The van der Waals surface area contributed by atoms with E-state index in [1.54, 1.807) is 12.1 Å². The van der Waals surface area contributed by atoms with Crippen LogP contribution >= 0.6 is 0 Å². The lowest BCUT2D eigenvalue weighted by atomic mass is 10.0. The monoisotopic (exact) mass is 263 g/mol. The van der Waals surface area contributed by atoms with Gasteiger partial charge in [0.25, 0.3) is 5.69 Å². The Morgan fingerprint density at radius 1 is 1.47 bits per heavy atom. The Bertz CT molecular complexity index is 470. The summed E-state index contributed by atoms with van der Waals surface area (Å²) in [5, 5.41) is 16.6. The van der Waals surface area contributed by atoms with Crippen molar-refractivity contribution in [1.29, 1.82) is 0 Å². The van der Waals surface area contributed by atoms with Crippen molar-refractivity contribution in [2.45, 2.75) is 31.8 Å². The number of benzene rings is 1. The van der Waals surface area contributed by atoms with E-state index in [9.17, 15) is 14.9 Å². The molecule has 2 rings (SSSR count). The van der Waals surface area contributed by atoms with E-state index in [4.69, 9.17) is 0 Å². The number of carbonyl (C=O) groups excluding carboxylic acids is 1. The number of piperidine rings is 1. The third-order valence-electron chi connectivity index (χ3n) is 3.21. The van der Waals surface area contributed by atoms with E-state index in [1.165, 1.54) is 12.1 Å². The van der Waals surface area contributed by atoms with Crippen molar-refractivity contribution in [2.24, 2.45) is 0 Å². The molecule has 1 aromatic carbocycles. The Morgan fingerprint density at radius 3 is 3.00 bits per heavy atom. The molecule has 1 heterocycles. The number of nitrogens with zero attached hydrogens (tertiary/aromatic N) is 1. The number of rotatable bonds is 4. The van der Waals surface area contributed by atoms with Crippen LogP contribution in [0.3, 0.4) is 0 Å². The highest BCUT2D eigenvalue weighted by Gasteiger charge is 2.19. The fourth-order valence-corrected chi connectivity index (χ4v) is 2.17. The molecule has 0 unspecified atom stereocenters. The topological polar surface area (TPSA) is 84.3 Å². The number of carbonyl (C=O) groups is 1. The van der Waals surface area contributed by atoms with Crippen molar-refractivity contribution < 1.29 is 9.72 Å². The van der Waals surface area contributed by atoms with Crippen molar-refractivity contribution in [3.63, 3.8) is 0 Å². The second kappa shape index (κ2) is 6.29. The van der Waals surface area contributed by atoms with E-state index in [-0.39, 0.29) is 17.6 Å². The zero-order chi connectivity index (χ0) is 13.7. The molecule has 0 spiro atoms. The maximum absolute atomic E-state index is 11.9. The molecule has 102 valence electrons. The van der Waals surface area contributed by atoms with Gasteiger partial charge in [0, 0.05) is 18.7 Å². The van der Waals surface area contributed by atoms with Crippen LogP contribution in [-0.4, -0.2) is 23.4 Å². The number of nitrogens with one attached hydrogen (secondary N) is 2. The summed E-state index contributed by atoms with van der Waals surface area (Å²) in [5.74, 6) is -0.0359. The van der Waals surface area contributed by atoms with Gasteiger partial charge in [0.15, 0.2) is 0 Å². The summed E-state index contributed by atoms with van der Waals surface area (Å²) in [6.07, 6.45) is 3.01. The van der Waals surface area contributed by atoms with Crippen molar-refractivity contribution >= 4 is 11.6 Å². The highest BCUT2D eigenvalue weighted by atomic mass is 16.6. The smallest absolute Gasteiger partial charge is 0.269 e. The molecular weight excluding hydrogens is 246 g/mol. The predicted octanol–water partition coefficient (Wildman–Crippen LogP) is 1.35. The van der Waals surface area contributed by atoms with E-state index < -0.39 is 4.92 Å². The van der Waals surface area contributed by atoms with Crippen LogP contribution in [0.25, 0.3) is 0 Å². The average molecular weight is 263 g/mol. The van der Waals surface area contributed by atoms with Crippen LogP contribution in [0.2, 0.25) is 0 Å². The highest BCUT2D eigenvalue weighted by Crippen LogP contribution is 2.13. The molecule has 1 aromatic rings. The third-order valence-corrected chi connectivity index (χ3v) is 3.21. The number of nitro benzene ring substituents is 1. The third kappa shape index (κ3) is 3.75. The van der Waals surface area contributed by atoms with E-state index in [2.05, 4.69) is 10.6 Å². The average Bonchev–Trinajstić information content (AvgIpc) is 2.46. The van der Waals surface area contributed by atoms with E-state index in [1.807, 2.05) is 0 Å². The minimum atomic E-state index is -0.436. The molecule has 1 atom stereocenters. The largest absolute Gasteiger partial charge is 0.351 e. The van der Waals surface area contributed by atoms with Crippen LogP contribution in [0, 0.1) is 10.1 Å². The van der Waals surface area contributed by atoms with Gasteiger partial charge >= 0.3 is 0 Å². The van der Waals surface area contributed by atoms with Gasteiger partial charge in [-0.05, 0) is 24.9 Å². The molecule has 1 amide bonds. The van der Waals surface area contributed by atoms with Gasteiger partial charge in [-0.15, -0.1) is 0 Å². The lowest BCUT2D eigenvalue weighted by molar-refractivity contribution is -0.384. The molecule has 1 fully saturated rings. The highest BCUT2D eigenvalue weighted by molar-refractivity contribution is 5.81. The Labute approximate surface area is 111 Å². The molecule has 19 heavy (non-hydrogen) atoms. The maximum Gasteiger partial charge on any atom is 0.269 e. The molecule has 0 bridgehead atoms. The molecule has 1 aliphatic heterocycles. The second-order valence-corrected chi connectivity index (χ2v) is 4.65. The molecular formula is C13H17N3O3. The van der Waals surface area contributed by atoms with Crippen LogP contribution in [0.15, 0.2) is 24.3 Å². The normalized spacial score (nSPS) is 18.8. The fourth-order valence-electron chi connectivity index (χ4n) is 2.17. The number of non-ortho nitro benzene ring substituents is 1. The maximum atomic E-state index is 11.9. The first-order valence-corrected chi connectivity index (χ1v) is 6.41. The number of nitro groups is 1. The van der Waals surface area contributed by atoms with E-state index in [0.717, 1.165) is 31.4 Å². The Morgan fingerprint density at radius 2 is 2.32 bits per heavy atom. The van der Waals surface area contributed by atoms with Crippen molar-refractivity contribution in [3.8, 4) is 0 Å². The van der Waals surface area contributed by atoms with Gasteiger partial charge in [0.05, 0.1) is 11.0 Å². The summed E-state index contributed by atoms with van der Waals surface area (Å²) in [6, 6.07) is 6.18. The first-order valence-electron chi connectivity index (χ1n) is 6.41. The SMILES string of the molecule is O=C(NCc1cccc([N+](=O)[O-])c1)[C@@H]1CCCCN1. The lowest BCUT2D eigenvalue weighted by Gasteiger charge is -2.22. The molecule has 0 aromatic heterocycles. The van der Waals surface area contributed by atoms with Gasteiger partial charge in [0.2, 0.25) is 5.91 Å². The molecule has 2 N–H and O–H groups in total. The Balaban J connectivity index is 1.89. The van der Waals surface area contributed by atoms with E-state index in [0.29, 0.717) is 6.54 Å². The van der Waals surface area contributed by atoms with Crippen LogP contribution in [0.4, 0.5) is 5.69 Å². The van der Waals surface area contributed by atoms with Gasteiger partial charge in [-0.3, -0.25) is 14.9 Å².